The molecule has 0 saturated heterocycles. The van der Waals surface area contributed by atoms with Crippen LogP contribution in [0.1, 0.15) is 22.2 Å². The maximum absolute atomic E-state index is 6.13. The van der Waals surface area contributed by atoms with Crippen molar-refractivity contribution in [3.05, 3.63) is 38.0 Å². The number of aryl methyl sites for hydroxylation is 1. The van der Waals surface area contributed by atoms with E-state index >= 15 is 0 Å². The molecule has 0 aliphatic carbocycles. The van der Waals surface area contributed by atoms with Gasteiger partial charge in [-0.05, 0) is 35.5 Å². The van der Waals surface area contributed by atoms with E-state index in [4.69, 9.17) is 17.3 Å². The van der Waals surface area contributed by atoms with Gasteiger partial charge in [0.15, 0.2) is 0 Å². The molecule has 0 aliphatic heterocycles. The first kappa shape index (κ1) is 10.1. The van der Waals surface area contributed by atoms with Crippen LogP contribution in [-0.4, -0.2) is 4.37 Å². The summed E-state index contributed by atoms with van der Waals surface area (Å²) >= 11 is 9.12. The number of halogens is 1. The minimum absolute atomic E-state index is 0.188. The number of nitrogens with zero attached hydrogens (tertiary/aromatic N) is 1. The molecule has 2 aromatic rings. The summed E-state index contributed by atoms with van der Waals surface area (Å²) in [5.41, 5.74) is 8.01. The highest BCUT2D eigenvalue weighted by Crippen LogP contribution is 2.33. The van der Waals surface area contributed by atoms with E-state index in [0.29, 0.717) is 0 Å². The van der Waals surface area contributed by atoms with Crippen molar-refractivity contribution in [3.63, 3.8) is 0 Å². The minimum Gasteiger partial charge on any atom is -0.318 e. The van der Waals surface area contributed by atoms with Crippen LogP contribution in [-0.2, 0) is 0 Å². The minimum atomic E-state index is -0.188. The zero-order valence-corrected chi connectivity index (χ0v) is 9.92. The first-order valence-electron chi connectivity index (χ1n) is 4.09. The fourth-order valence-electron chi connectivity index (χ4n) is 1.18. The summed E-state index contributed by atoms with van der Waals surface area (Å²) < 4.78 is 4.21. The van der Waals surface area contributed by atoms with Crippen molar-refractivity contribution in [2.45, 2.75) is 13.0 Å². The van der Waals surface area contributed by atoms with Gasteiger partial charge in [-0.25, -0.2) is 0 Å². The Kier molecular flexibility index (Phi) is 2.88. The monoisotopic (exact) mass is 244 g/mol. The van der Waals surface area contributed by atoms with Crippen LogP contribution >= 0.6 is 34.5 Å². The third kappa shape index (κ3) is 1.70. The molecular formula is C9H9ClN2S2. The SMILES string of the molecule is Cc1csc(C(N)c2ccsn2)c1Cl. The van der Waals surface area contributed by atoms with Crippen LogP contribution in [0.5, 0.6) is 0 Å². The Balaban J connectivity index is 2.36. The van der Waals surface area contributed by atoms with Crippen LogP contribution in [0.2, 0.25) is 5.02 Å². The van der Waals surface area contributed by atoms with Crippen LogP contribution in [0.15, 0.2) is 16.8 Å². The summed E-state index contributed by atoms with van der Waals surface area (Å²) in [6.45, 7) is 1.98. The largest absolute Gasteiger partial charge is 0.318 e. The second-order valence-corrected chi connectivity index (χ2v) is 4.95. The lowest BCUT2D eigenvalue weighted by molar-refractivity contribution is 0.866. The quantitative estimate of drug-likeness (QED) is 0.881. The van der Waals surface area contributed by atoms with Gasteiger partial charge in [0.2, 0.25) is 0 Å². The van der Waals surface area contributed by atoms with Crippen molar-refractivity contribution in [3.8, 4) is 0 Å². The molecule has 0 aliphatic rings. The number of hydrogen-bond acceptors (Lipinski definition) is 4. The van der Waals surface area contributed by atoms with Gasteiger partial charge in [-0.1, -0.05) is 11.6 Å². The molecule has 0 aromatic carbocycles. The Morgan fingerprint density at radius 1 is 1.57 bits per heavy atom. The van der Waals surface area contributed by atoms with Gasteiger partial charge in [0.25, 0.3) is 0 Å². The maximum atomic E-state index is 6.13. The van der Waals surface area contributed by atoms with Gasteiger partial charge < -0.3 is 5.73 Å². The normalized spacial score (nSPS) is 13.1. The molecule has 2 nitrogen and oxygen atoms in total. The van der Waals surface area contributed by atoms with Crippen molar-refractivity contribution in [1.29, 1.82) is 0 Å². The molecule has 2 aromatic heterocycles. The van der Waals surface area contributed by atoms with Crippen molar-refractivity contribution in [2.75, 3.05) is 0 Å². The predicted molar refractivity (Wildman–Crippen MR) is 62.2 cm³/mol. The van der Waals surface area contributed by atoms with Crippen molar-refractivity contribution in [2.24, 2.45) is 5.73 Å². The number of nitrogens with two attached hydrogens (primary N) is 1. The van der Waals surface area contributed by atoms with E-state index in [9.17, 15) is 0 Å². The van der Waals surface area contributed by atoms with Crippen LogP contribution in [0, 0.1) is 6.92 Å². The smallest absolute Gasteiger partial charge is 0.0846 e. The first-order valence-corrected chi connectivity index (χ1v) is 6.19. The lowest BCUT2D eigenvalue weighted by Crippen LogP contribution is -2.10. The fraction of sp³-hybridized carbons (Fsp3) is 0.222. The fourth-order valence-corrected chi connectivity index (χ4v) is 3.06. The highest BCUT2D eigenvalue weighted by Gasteiger charge is 2.17. The molecule has 2 rings (SSSR count). The number of aromatic nitrogens is 1. The van der Waals surface area contributed by atoms with Gasteiger partial charge in [0.1, 0.15) is 0 Å². The number of thiophene rings is 1. The highest BCUT2D eigenvalue weighted by molar-refractivity contribution is 7.11. The predicted octanol–water partition coefficient (Wildman–Crippen LogP) is 3.21. The van der Waals surface area contributed by atoms with Crippen molar-refractivity contribution in [1.82, 2.24) is 4.37 Å². The van der Waals surface area contributed by atoms with Crippen molar-refractivity contribution < 1.29 is 0 Å². The number of hydrogen-bond donors (Lipinski definition) is 1. The van der Waals surface area contributed by atoms with E-state index in [2.05, 4.69) is 4.37 Å². The van der Waals surface area contributed by atoms with Gasteiger partial charge in [-0.15, -0.1) is 11.3 Å². The van der Waals surface area contributed by atoms with Crippen LogP contribution < -0.4 is 5.73 Å². The van der Waals surface area contributed by atoms with E-state index in [1.165, 1.54) is 11.5 Å². The third-order valence-corrected chi connectivity index (χ3v) is 4.36. The molecule has 0 bridgehead atoms. The zero-order chi connectivity index (χ0) is 10.1. The summed E-state index contributed by atoms with van der Waals surface area (Å²) in [5, 5.41) is 4.71. The second-order valence-electron chi connectivity index (χ2n) is 3.00. The van der Waals surface area contributed by atoms with E-state index in [-0.39, 0.29) is 6.04 Å². The lowest BCUT2D eigenvalue weighted by Gasteiger charge is -2.06. The third-order valence-electron chi connectivity index (χ3n) is 1.98. The van der Waals surface area contributed by atoms with E-state index in [1.807, 2.05) is 23.8 Å². The molecule has 0 amide bonds. The summed E-state index contributed by atoms with van der Waals surface area (Å²) in [4.78, 5) is 0.995. The van der Waals surface area contributed by atoms with Crippen molar-refractivity contribution >= 4 is 34.5 Å². The molecular weight excluding hydrogens is 236 g/mol. The van der Waals surface area contributed by atoms with Gasteiger partial charge in [-0.2, -0.15) is 4.37 Å². The van der Waals surface area contributed by atoms with Gasteiger partial charge in [0.05, 0.1) is 16.8 Å². The molecule has 0 saturated carbocycles. The molecule has 5 heteroatoms. The standard InChI is InChI=1S/C9H9ClN2S2/c1-5-4-13-9(7(5)10)8(11)6-2-3-14-12-6/h2-4,8H,11H2,1H3. The number of rotatable bonds is 2. The van der Waals surface area contributed by atoms with Crippen LogP contribution in [0.4, 0.5) is 0 Å². The second kappa shape index (κ2) is 3.98. The van der Waals surface area contributed by atoms with Crippen LogP contribution in [0.25, 0.3) is 0 Å². The summed E-state index contributed by atoms with van der Waals surface area (Å²) in [5.74, 6) is 0. The lowest BCUT2D eigenvalue weighted by atomic mass is 10.2. The van der Waals surface area contributed by atoms with Gasteiger partial charge in [0, 0.05) is 10.3 Å². The first-order chi connectivity index (χ1) is 6.70. The van der Waals surface area contributed by atoms with E-state index < -0.39 is 0 Å². The average Bonchev–Trinajstić information content (AvgIpc) is 2.77. The topological polar surface area (TPSA) is 38.9 Å². The van der Waals surface area contributed by atoms with Gasteiger partial charge in [-0.3, -0.25) is 0 Å². The molecule has 14 heavy (non-hydrogen) atoms. The average molecular weight is 245 g/mol. The molecule has 0 spiro atoms. The Morgan fingerprint density at radius 2 is 2.36 bits per heavy atom. The molecule has 0 radical (unpaired) electrons. The molecule has 1 atom stereocenters. The van der Waals surface area contributed by atoms with E-state index in [0.717, 1.165) is 21.2 Å². The zero-order valence-electron chi connectivity index (χ0n) is 7.53. The molecule has 1 unspecified atom stereocenters. The maximum Gasteiger partial charge on any atom is 0.0846 e. The molecule has 2 N–H and O–H groups in total. The Morgan fingerprint density at radius 3 is 2.86 bits per heavy atom. The Hall–Kier alpha value is -0.420. The molecule has 0 fully saturated rings. The van der Waals surface area contributed by atoms with Crippen LogP contribution in [0.3, 0.4) is 0 Å². The summed E-state index contributed by atoms with van der Waals surface area (Å²) in [6, 6.07) is 1.74. The molecule has 74 valence electrons. The van der Waals surface area contributed by atoms with E-state index in [1.54, 1.807) is 11.3 Å². The summed E-state index contributed by atoms with van der Waals surface area (Å²) in [6.07, 6.45) is 0. The Bertz CT molecular complexity index is 422. The summed E-state index contributed by atoms with van der Waals surface area (Å²) in [7, 11) is 0. The Labute approximate surface area is 95.5 Å². The van der Waals surface area contributed by atoms with Gasteiger partial charge >= 0.3 is 0 Å². The molecule has 2 heterocycles. The highest BCUT2D eigenvalue weighted by atomic mass is 35.5.